The molecule has 1 rings (SSSR count). The molecule has 0 aromatic heterocycles. The van der Waals surface area contributed by atoms with E-state index >= 15 is 0 Å². The molecular formula is C12H15ClN2O. The van der Waals surface area contributed by atoms with Crippen molar-refractivity contribution in [1.82, 2.24) is 0 Å². The van der Waals surface area contributed by atoms with Crippen LogP contribution in [0.15, 0.2) is 18.2 Å². The number of halogens is 1. The predicted octanol–water partition coefficient (Wildman–Crippen LogP) is 2.78. The maximum absolute atomic E-state index is 9.25. The van der Waals surface area contributed by atoms with E-state index in [0.29, 0.717) is 17.0 Å². The zero-order chi connectivity index (χ0) is 12.1. The fourth-order valence-corrected chi connectivity index (χ4v) is 1.74. The number of aliphatic hydroxyl groups excluding tert-OH is 1. The first-order chi connectivity index (χ1) is 7.52. The largest absolute Gasteiger partial charge is 0.393 e. The van der Waals surface area contributed by atoms with Gasteiger partial charge in [-0.15, -0.1) is 0 Å². The summed E-state index contributed by atoms with van der Waals surface area (Å²) < 4.78 is 0. The summed E-state index contributed by atoms with van der Waals surface area (Å²) in [6, 6.07) is 7.33. The van der Waals surface area contributed by atoms with Crippen molar-refractivity contribution >= 4 is 17.3 Å². The summed E-state index contributed by atoms with van der Waals surface area (Å²) in [7, 11) is 0. The third kappa shape index (κ3) is 3.73. The molecule has 0 aliphatic rings. The molecule has 86 valence electrons. The Balaban J connectivity index is 2.77. The highest BCUT2D eigenvalue weighted by atomic mass is 35.5. The van der Waals surface area contributed by atoms with Crippen molar-refractivity contribution in [3.8, 4) is 6.07 Å². The van der Waals surface area contributed by atoms with E-state index in [2.05, 4.69) is 11.4 Å². The van der Waals surface area contributed by atoms with Crippen molar-refractivity contribution in [1.29, 1.82) is 5.26 Å². The van der Waals surface area contributed by atoms with E-state index in [4.69, 9.17) is 16.9 Å². The summed E-state index contributed by atoms with van der Waals surface area (Å²) in [6.45, 7) is 3.70. The maximum Gasteiger partial charge on any atom is 0.101 e. The molecular weight excluding hydrogens is 224 g/mol. The molecule has 0 saturated heterocycles. The fourth-order valence-electron chi connectivity index (χ4n) is 1.57. The Morgan fingerprint density at radius 2 is 2.19 bits per heavy atom. The Kier molecular flexibility index (Phi) is 4.60. The number of anilines is 1. The molecule has 1 aromatic rings. The quantitative estimate of drug-likeness (QED) is 0.848. The van der Waals surface area contributed by atoms with Crippen LogP contribution in [0.2, 0.25) is 5.02 Å². The Labute approximate surface area is 101 Å². The predicted molar refractivity (Wildman–Crippen MR) is 65.5 cm³/mol. The van der Waals surface area contributed by atoms with Gasteiger partial charge in [-0.3, -0.25) is 0 Å². The van der Waals surface area contributed by atoms with Crippen molar-refractivity contribution in [3.63, 3.8) is 0 Å². The average molecular weight is 239 g/mol. The molecule has 0 fully saturated rings. The normalized spacial score (nSPS) is 13.9. The lowest BCUT2D eigenvalue weighted by molar-refractivity contribution is 0.179. The minimum absolute atomic E-state index is 0.105. The molecule has 2 atom stereocenters. The highest BCUT2D eigenvalue weighted by Gasteiger charge is 2.09. The molecule has 0 bridgehead atoms. The van der Waals surface area contributed by atoms with Crippen LogP contribution in [-0.2, 0) is 0 Å². The number of aliphatic hydroxyl groups is 1. The van der Waals surface area contributed by atoms with Gasteiger partial charge in [0, 0.05) is 11.1 Å². The summed E-state index contributed by atoms with van der Waals surface area (Å²) in [5.41, 5.74) is 1.27. The van der Waals surface area contributed by atoms with Crippen molar-refractivity contribution in [3.05, 3.63) is 28.8 Å². The van der Waals surface area contributed by atoms with Crippen LogP contribution in [0.5, 0.6) is 0 Å². The molecule has 0 saturated carbocycles. The maximum atomic E-state index is 9.25. The molecule has 0 radical (unpaired) electrons. The summed E-state index contributed by atoms with van der Waals surface area (Å²) >= 11 is 5.80. The number of benzene rings is 1. The van der Waals surface area contributed by atoms with Crippen LogP contribution in [0.25, 0.3) is 0 Å². The molecule has 3 nitrogen and oxygen atoms in total. The Morgan fingerprint density at radius 1 is 1.50 bits per heavy atom. The zero-order valence-electron chi connectivity index (χ0n) is 9.37. The Hall–Kier alpha value is -1.24. The topological polar surface area (TPSA) is 56.0 Å². The van der Waals surface area contributed by atoms with E-state index in [1.807, 2.05) is 6.92 Å². The molecule has 2 N–H and O–H groups in total. The second-order valence-corrected chi connectivity index (χ2v) is 4.37. The van der Waals surface area contributed by atoms with Gasteiger partial charge in [0.1, 0.15) is 6.07 Å². The molecule has 0 spiro atoms. The first-order valence-electron chi connectivity index (χ1n) is 5.17. The first kappa shape index (κ1) is 12.8. The number of hydrogen-bond donors (Lipinski definition) is 2. The van der Waals surface area contributed by atoms with Gasteiger partial charge in [-0.2, -0.15) is 5.26 Å². The molecule has 16 heavy (non-hydrogen) atoms. The monoisotopic (exact) mass is 238 g/mol. The third-order valence-electron chi connectivity index (χ3n) is 2.20. The third-order valence-corrected chi connectivity index (χ3v) is 2.43. The van der Waals surface area contributed by atoms with E-state index in [1.54, 1.807) is 25.1 Å². The highest BCUT2D eigenvalue weighted by Crippen LogP contribution is 2.21. The van der Waals surface area contributed by atoms with Crippen LogP contribution in [0.1, 0.15) is 25.8 Å². The summed E-state index contributed by atoms with van der Waals surface area (Å²) in [4.78, 5) is 0. The molecule has 2 unspecified atom stereocenters. The van der Waals surface area contributed by atoms with Gasteiger partial charge in [0.15, 0.2) is 0 Å². The van der Waals surface area contributed by atoms with E-state index in [1.165, 1.54) is 0 Å². The van der Waals surface area contributed by atoms with Crippen molar-refractivity contribution in [2.75, 3.05) is 5.32 Å². The summed E-state index contributed by atoms with van der Waals surface area (Å²) in [5.74, 6) is 0. The lowest BCUT2D eigenvalue weighted by Gasteiger charge is -2.17. The van der Waals surface area contributed by atoms with Crippen LogP contribution < -0.4 is 5.32 Å². The van der Waals surface area contributed by atoms with Gasteiger partial charge in [-0.25, -0.2) is 0 Å². The number of rotatable bonds is 4. The van der Waals surface area contributed by atoms with Crippen LogP contribution >= 0.6 is 11.6 Å². The minimum Gasteiger partial charge on any atom is -0.393 e. The zero-order valence-corrected chi connectivity index (χ0v) is 10.1. The average Bonchev–Trinajstić information content (AvgIpc) is 2.19. The molecule has 4 heteroatoms. The molecule has 0 amide bonds. The molecule has 0 aliphatic carbocycles. The highest BCUT2D eigenvalue weighted by molar-refractivity contribution is 6.30. The van der Waals surface area contributed by atoms with Gasteiger partial charge in [0.2, 0.25) is 0 Å². The molecule has 0 aliphatic heterocycles. The van der Waals surface area contributed by atoms with Gasteiger partial charge in [0.05, 0.1) is 17.4 Å². The number of nitriles is 1. The lowest BCUT2D eigenvalue weighted by atomic mass is 10.1. The van der Waals surface area contributed by atoms with Crippen molar-refractivity contribution in [2.45, 2.75) is 32.4 Å². The van der Waals surface area contributed by atoms with Crippen molar-refractivity contribution < 1.29 is 5.11 Å². The second-order valence-electron chi connectivity index (χ2n) is 3.93. The second kappa shape index (κ2) is 5.74. The number of hydrogen-bond acceptors (Lipinski definition) is 3. The van der Waals surface area contributed by atoms with E-state index in [9.17, 15) is 5.11 Å². The summed E-state index contributed by atoms with van der Waals surface area (Å²) in [6.07, 6.45) is 0.272. The molecule has 0 heterocycles. The van der Waals surface area contributed by atoms with Crippen LogP contribution in [-0.4, -0.2) is 17.3 Å². The van der Waals surface area contributed by atoms with Gasteiger partial charge >= 0.3 is 0 Å². The van der Waals surface area contributed by atoms with E-state index in [0.717, 1.165) is 5.69 Å². The van der Waals surface area contributed by atoms with Gasteiger partial charge in [0.25, 0.3) is 0 Å². The van der Waals surface area contributed by atoms with Crippen LogP contribution in [0.4, 0.5) is 5.69 Å². The Morgan fingerprint density at radius 3 is 2.75 bits per heavy atom. The summed E-state index contributed by atoms with van der Waals surface area (Å²) in [5, 5.41) is 21.9. The van der Waals surface area contributed by atoms with Crippen LogP contribution in [0.3, 0.4) is 0 Å². The van der Waals surface area contributed by atoms with Gasteiger partial charge < -0.3 is 10.4 Å². The standard InChI is InChI=1S/C12H15ClN2O/c1-8(5-9(2)16)15-12-4-3-11(13)6-10(12)7-14/h3-4,6,8-9,15-16H,5H2,1-2H3. The van der Waals surface area contributed by atoms with E-state index < -0.39 is 0 Å². The van der Waals surface area contributed by atoms with Crippen LogP contribution in [0, 0.1) is 11.3 Å². The SMILES string of the molecule is CC(O)CC(C)Nc1ccc(Cl)cc1C#N. The van der Waals surface area contributed by atoms with Gasteiger partial charge in [-0.1, -0.05) is 11.6 Å². The number of nitrogens with one attached hydrogen (secondary N) is 1. The van der Waals surface area contributed by atoms with Crippen molar-refractivity contribution in [2.24, 2.45) is 0 Å². The smallest absolute Gasteiger partial charge is 0.101 e. The van der Waals surface area contributed by atoms with Gasteiger partial charge in [-0.05, 0) is 38.5 Å². The number of nitrogens with zero attached hydrogens (tertiary/aromatic N) is 1. The van der Waals surface area contributed by atoms with E-state index in [-0.39, 0.29) is 12.1 Å². The Bertz CT molecular complexity index is 398. The molecule has 1 aromatic carbocycles. The lowest BCUT2D eigenvalue weighted by Crippen LogP contribution is -2.21. The first-order valence-corrected chi connectivity index (χ1v) is 5.55. The fraction of sp³-hybridized carbons (Fsp3) is 0.417. The minimum atomic E-state index is -0.361.